The maximum absolute atomic E-state index is 12.7. The first-order chi connectivity index (χ1) is 10.8. The van der Waals surface area contributed by atoms with Gasteiger partial charge in [0.1, 0.15) is 12.0 Å². The number of ether oxygens (including phenoxy) is 1. The van der Waals surface area contributed by atoms with Crippen molar-refractivity contribution < 1.29 is 9.53 Å². The molecule has 1 aliphatic heterocycles. The molecule has 3 rings (SSSR count). The molecule has 0 saturated carbocycles. The van der Waals surface area contributed by atoms with Crippen molar-refractivity contribution in [3.63, 3.8) is 0 Å². The summed E-state index contributed by atoms with van der Waals surface area (Å²) in [6, 6.07) is 1.64. The summed E-state index contributed by atoms with van der Waals surface area (Å²) in [6.45, 7) is 5.26. The molecular formula is C15H19N5O2. The molecule has 0 bridgehead atoms. The molecule has 0 saturated heterocycles. The molecule has 7 nitrogen and oxygen atoms in total. The Hall–Kier alpha value is -2.28. The summed E-state index contributed by atoms with van der Waals surface area (Å²) in [5, 5.41) is 0. The number of carbonyl (C=O) groups excluding carboxylic acids is 1. The number of imidazole rings is 1. The normalized spacial score (nSPS) is 17.9. The Labute approximate surface area is 129 Å². The number of hydrogen-bond donors (Lipinski definition) is 0. The third-order valence-electron chi connectivity index (χ3n) is 3.73. The van der Waals surface area contributed by atoms with E-state index in [1.807, 2.05) is 24.3 Å². The van der Waals surface area contributed by atoms with Crippen molar-refractivity contribution >= 4 is 5.91 Å². The van der Waals surface area contributed by atoms with Gasteiger partial charge < -0.3 is 14.2 Å². The second kappa shape index (κ2) is 6.65. The van der Waals surface area contributed by atoms with Crippen LogP contribution in [0.1, 0.15) is 23.1 Å². The van der Waals surface area contributed by atoms with Gasteiger partial charge in [-0.25, -0.2) is 15.0 Å². The summed E-state index contributed by atoms with van der Waals surface area (Å²) < 4.78 is 7.65. The molecule has 22 heavy (non-hydrogen) atoms. The minimum absolute atomic E-state index is 0.0847. The molecular weight excluding hydrogens is 282 g/mol. The van der Waals surface area contributed by atoms with Gasteiger partial charge in [-0.3, -0.25) is 4.79 Å². The zero-order valence-electron chi connectivity index (χ0n) is 12.6. The average molecular weight is 301 g/mol. The molecule has 1 atom stereocenters. The van der Waals surface area contributed by atoms with Crippen LogP contribution in [0.5, 0.6) is 0 Å². The van der Waals surface area contributed by atoms with Gasteiger partial charge in [-0.15, -0.1) is 0 Å². The van der Waals surface area contributed by atoms with E-state index in [1.54, 1.807) is 12.3 Å². The molecule has 3 heterocycles. The lowest BCUT2D eigenvalue weighted by Crippen LogP contribution is -2.35. The largest absolute Gasteiger partial charge is 0.381 e. The van der Waals surface area contributed by atoms with Gasteiger partial charge in [0.25, 0.3) is 5.91 Å². The lowest BCUT2D eigenvalue weighted by molar-refractivity contribution is 0.0614. The summed E-state index contributed by atoms with van der Waals surface area (Å²) in [7, 11) is 0. The SMILES string of the molecule is CCOCC1CN(C(=O)c2ccncn2)Cc2cncn2C1. The zero-order chi connectivity index (χ0) is 15.4. The molecule has 0 N–H and O–H groups in total. The van der Waals surface area contributed by atoms with Crippen molar-refractivity contribution in [2.45, 2.75) is 20.0 Å². The summed E-state index contributed by atoms with van der Waals surface area (Å²) in [5.41, 5.74) is 1.44. The number of nitrogens with zero attached hydrogens (tertiary/aromatic N) is 5. The molecule has 2 aromatic rings. The lowest BCUT2D eigenvalue weighted by atomic mass is 10.1. The van der Waals surface area contributed by atoms with E-state index in [9.17, 15) is 4.79 Å². The third-order valence-corrected chi connectivity index (χ3v) is 3.73. The Bertz CT molecular complexity index is 628. The van der Waals surface area contributed by atoms with Crippen LogP contribution in [0, 0.1) is 5.92 Å². The maximum atomic E-state index is 12.7. The highest BCUT2D eigenvalue weighted by Crippen LogP contribution is 2.18. The van der Waals surface area contributed by atoms with Crippen LogP contribution in [-0.4, -0.2) is 50.1 Å². The predicted molar refractivity (Wildman–Crippen MR) is 79.0 cm³/mol. The second-order valence-corrected chi connectivity index (χ2v) is 5.34. The van der Waals surface area contributed by atoms with Crippen LogP contribution < -0.4 is 0 Å². The van der Waals surface area contributed by atoms with Crippen LogP contribution in [0.15, 0.2) is 31.1 Å². The van der Waals surface area contributed by atoms with Gasteiger partial charge in [-0.05, 0) is 13.0 Å². The summed E-state index contributed by atoms with van der Waals surface area (Å²) in [6.07, 6.45) is 6.60. The molecule has 0 aromatic carbocycles. The van der Waals surface area contributed by atoms with E-state index in [4.69, 9.17) is 4.74 Å². The van der Waals surface area contributed by atoms with Crippen LogP contribution in [0.2, 0.25) is 0 Å². The highest BCUT2D eigenvalue weighted by Gasteiger charge is 2.26. The predicted octanol–water partition coefficient (Wildman–Crippen LogP) is 0.982. The second-order valence-electron chi connectivity index (χ2n) is 5.34. The standard InChI is InChI=1S/C15H19N5O2/c1-2-22-9-12-6-19(8-13-5-17-11-20(13)7-12)15(21)14-3-4-16-10-18-14/h3-5,10-12H,2,6-9H2,1H3. The van der Waals surface area contributed by atoms with Gasteiger partial charge in [0.15, 0.2) is 0 Å². The molecule has 2 aromatic heterocycles. The Morgan fingerprint density at radius 3 is 3.09 bits per heavy atom. The van der Waals surface area contributed by atoms with E-state index >= 15 is 0 Å². The minimum Gasteiger partial charge on any atom is -0.381 e. The third kappa shape index (κ3) is 3.14. The molecule has 7 heteroatoms. The van der Waals surface area contributed by atoms with Crippen LogP contribution in [0.3, 0.4) is 0 Å². The Balaban J connectivity index is 1.82. The highest BCUT2D eigenvalue weighted by molar-refractivity contribution is 5.92. The van der Waals surface area contributed by atoms with Gasteiger partial charge in [-0.1, -0.05) is 0 Å². The van der Waals surface area contributed by atoms with E-state index < -0.39 is 0 Å². The number of fused-ring (bicyclic) bond motifs is 1. The number of hydrogen-bond acceptors (Lipinski definition) is 5. The van der Waals surface area contributed by atoms with Gasteiger partial charge in [0.2, 0.25) is 0 Å². The molecule has 1 unspecified atom stereocenters. The molecule has 0 fully saturated rings. The molecule has 1 aliphatic rings. The quantitative estimate of drug-likeness (QED) is 0.841. The van der Waals surface area contributed by atoms with E-state index in [2.05, 4.69) is 19.5 Å². The fourth-order valence-electron chi connectivity index (χ4n) is 2.68. The fourth-order valence-corrected chi connectivity index (χ4v) is 2.68. The Kier molecular flexibility index (Phi) is 4.43. The first-order valence-corrected chi connectivity index (χ1v) is 7.40. The van der Waals surface area contributed by atoms with Gasteiger partial charge >= 0.3 is 0 Å². The molecule has 116 valence electrons. The van der Waals surface area contributed by atoms with Crippen molar-refractivity contribution in [1.82, 2.24) is 24.4 Å². The summed E-state index contributed by atoms with van der Waals surface area (Å²) in [4.78, 5) is 26.6. The van der Waals surface area contributed by atoms with Crippen LogP contribution in [0.4, 0.5) is 0 Å². The monoisotopic (exact) mass is 301 g/mol. The number of rotatable bonds is 4. The van der Waals surface area contributed by atoms with E-state index in [0.29, 0.717) is 32.0 Å². The van der Waals surface area contributed by atoms with Gasteiger partial charge in [0, 0.05) is 38.0 Å². The van der Waals surface area contributed by atoms with Crippen molar-refractivity contribution in [2.24, 2.45) is 5.92 Å². The first kappa shape index (κ1) is 14.6. The number of amides is 1. The number of aromatic nitrogens is 4. The van der Waals surface area contributed by atoms with Crippen LogP contribution in [-0.2, 0) is 17.8 Å². The van der Waals surface area contributed by atoms with Crippen molar-refractivity contribution in [3.05, 3.63) is 42.5 Å². The fraction of sp³-hybridized carbons (Fsp3) is 0.467. The summed E-state index contributed by atoms with van der Waals surface area (Å²) >= 11 is 0. The van der Waals surface area contributed by atoms with Crippen LogP contribution >= 0.6 is 0 Å². The molecule has 0 radical (unpaired) electrons. The maximum Gasteiger partial charge on any atom is 0.272 e. The van der Waals surface area contributed by atoms with E-state index in [0.717, 1.165) is 12.2 Å². The average Bonchev–Trinajstić information content (AvgIpc) is 2.91. The first-order valence-electron chi connectivity index (χ1n) is 7.40. The van der Waals surface area contributed by atoms with Crippen LogP contribution in [0.25, 0.3) is 0 Å². The van der Waals surface area contributed by atoms with E-state index in [1.165, 1.54) is 6.33 Å². The van der Waals surface area contributed by atoms with Crippen molar-refractivity contribution in [1.29, 1.82) is 0 Å². The number of carbonyl (C=O) groups is 1. The topological polar surface area (TPSA) is 73.1 Å². The lowest BCUT2D eigenvalue weighted by Gasteiger charge is -2.23. The van der Waals surface area contributed by atoms with Gasteiger partial charge in [0.05, 0.1) is 25.2 Å². The smallest absolute Gasteiger partial charge is 0.272 e. The molecule has 0 aliphatic carbocycles. The minimum atomic E-state index is -0.0847. The Morgan fingerprint density at radius 1 is 1.41 bits per heavy atom. The Morgan fingerprint density at radius 2 is 2.32 bits per heavy atom. The summed E-state index contributed by atoms with van der Waals surface area (Å²) in [5.74, 6) is 0.153. The van der Waals surface area contributed by atoms with Gasteiger partial charge in [-0.2, -0.15) is 0 Å². The molecule has 1 amide bonds. The molecule has 0 spiro atoms. The zero-order valence-corrected chi connectivity index (χ0v) is 12.6. The van der Waals surface area contributed by atoms with Crippen molar-refractivity contribution in [2.75, 3.05) is 19.8 Å². The highest BCUT2D eigenvalue weighted by atomic mass is 16.5. The van der Waals surface area contributed by atoms with E-state index in [-0.39, 0.29) is 11.8 Å². The van der Waals surface area contributed by atoms with Crippen molar-refractivity contribution in [3.8, 4) is 0 Å².